The van der Waals surface area contributed by atoms with Gasteiger partial charge in [0, 0.05) is 22.0 Å². The second-order valence-electron chi connectivity index (χ2n) is 3.42. The molecule has 0 aliphatic rings. The van der Waals surface area contributed by atoms with Crippen LogP contribution in [0.1, 0.15) is 5.56 Å². The van der Waals surface area contributed by atoms with Gasteiger partial charge in [-0.2, -0.15) is 0 Å². The molecule has 1 aromatic carbocycles. The number of rotatable bonds is 3. The lowest BCUT2D eigenvalue weighted by molar-refractivity contribution is 0.318. The zero-order chi connectivity index (χ0) is 13.1. The maximum atomic E-state index is 8.82. The summed E-state index contributed by atoms with van der Waals surface area (Å²) >= 11 is 4.78. The lowest BCUT2D eigenvalue weighted by atomic mass is 10.2. The van der Waals surface area contributed by atoms with Crippen LogP contribution in [0, 0.1) is 0 Å². The van der Waals surface area contributed by atoms with Gasteiger partial charge in [-0.25, -0.2) is 0 Å². The van der Waals surface area contributed by atoms with Crippen LogP contribution in [0.4, 0.5) is 0 Å². The quantitative estimate of drug-likeness (QED) is 0.388. The van der Waals surface area contributed by atoms with Crippen LogP contribution in [-0.2, 0) is 7.05 Å². The molecule has 0 aliphatic carbocycles. The average molecular weight is 328 g/mol. The van der Waals surface area contributed by atoms with E-state index in [0.29, 0.717) is 5.56 Å². The zero-order valence-electron chi connectivity index (χ0n) is 9.41. The standard InChI is InChI=1S/C10H10BrN5OS/c1-16-5-13-14-10(16)18-7-4-2-3-6(11)8(7)9(12)15-17/h2-5,17H,1H3,(H2,12,15). The fourth-order valence-electron chi connectivity index (χ4n) is 1.35. The second-order valence-corrected chi connectivity index (χ2v) is 5.29. The molecule has 2 aromatic rings. The van der Waals surface area contributed by atoms with Gasteiger partial charge in [0.05, 0.1) is 0 Å². The number of aromatic nitrogens is 3. The number of nitrogens with two attached hydrogens (primary N) is 1. The minimum atomic E-state index is 0.0483. The molecule has 1 heterocycles. The van der Waals surface area contributed by atoms with Crippen LogP contribution >= 0.6 is 27.7 Å². The number of oxime groups is 1. The van der Waals surface area contributed by atoms with Crippen molar-refractivity contribution in [3.63, 3.8) is 0 Å². The molecule has 0 amide bonds. The van der Waals surface area contributed by atoms with E-state index in [0.717, 1.165) is 14.5 Å². The van der Waals surface area contributed by atoms with Crippen LogP contribution in [0.15, 0.2) is 44.2 Å². The zero-order valence-corrected chi connectivity index (χ0v) is 11.8. The number of amidine groups is 1. The fourth-order valence-corrected chi connectivity index (χ4v) is 2.99. The number of hydrogen-bond donors (Lipinski definition) is 2. The molecule has 0 bridgehead atoms. The highest BCUT2D eigenvalue weighted by Gasteiger charge is 2.14. The van der Waals surface area contributed by atoms with E-state index in [2.05, 4.69) is 31.3 Å². The van der Waals surface area contributed by atoms with Gasteiger partial charge < -0.3 is 15.5 Å². The number of halogens is 1. The Bertz CT molecular complexity index is 598. The number of benzene rings is 1. The van der Waals surface area contributed by atoms with Gasteiger partial charge in [0.15, 0.2) is 11.0 Å². The van der Waals surface area contributed by atoms with Crippen LogP contribution in [0.5, 0.6) is 0 Å². The third-order valence-corrected chi connectivity index (χ3v) is 3.98. The van der Waals surface area contributed by atoms with Crippen molar-refractivity contribution < 1.29 is 5.21 Å². The first-order valence-electron chi connectivity index (χ1n) is 4.91. The highest BCUT2D eigenvalue weighted by atomic mass is 79.9. The third kappa shape index (κ3) is 2.49. The largest absolute Gasteiger partial charge is 0.409 e. The van der Waals surface area contributed by atoms with Crippen molar-refractivity contribution in [3.8, 4) is 0 Å². The molecule has 0 saturated heterocycles. The summed E-state index contributed by atoms with van der Waals surface area (Å²) in [7, 11) is 1.85. The molecule has 8 heteroatoms. The Hall–Kier alpha value is -1.54. The fraction of sp³-hybridized carbons (Fsp3) is 0.100. The molecule has 0 spiro atoms. The lowest BCUT2D eigenvalue weighted by Crippen LogP contribution is -2.15. The molecule has 2 rings (SSSR count). The van der Waals surface area contributed by atoms with Gasteiger partial charge in [-0.1, -0.05) is 11.2 Å². The van der Waals surface area contributed by atoms with Gasteiger partial charge in [0.2, 0.25) is 0 Å². The van der Waals surface area contributed by atoms with Gasteiger partial charge in [-0.05, 0) is 39.8 Å². The van der Waals surface area contributed by atoms with Crippen LogP contribution in [0.2, 0.25) is 0 Å². The van der Waals surface area contributed by atoms with Crippen LogP contribution < -0.4 is 5.73 Å². The summed E-state index contributed by atoms with van der Waals surface area (Å²) in [6.45, 7) is 0. The van der Waals surface area contributed by atoms with Crippen molar-refractivity contribution in [2.75, 3.05) is 0 Å². The van der Waals surface area contributed by atoms with E-state index in [-0.39, 0.29) is 5.84 Å². The Morgan fingerprint density at radius 1 is 1.56 bits per heavy atom. The second kappa shape index (κ2) is 5.40. The lowest BCUT2D eigenvalue weighted by Gasteiger charge is -2.09. The van der Waals surface area contributed by atoms with Gasteiger partial charge in [0.25, 0.3) is 0 Å². The topological polar surface area (TPSA) is 89.3 Å². The minimum Gasteiger partial charge on any atom is -0.409 e. The molecule has 1 aromatic heterocycles. The van der Waals surface area contributed by atoms with E-state index < -0.39 is 0 Å². The molecule has 6 nitrogen and oxygen atoms in total. The summed E-state index contributed by atoms with van der Waals surface area (Å²) in [4.78, 5) is 0.829. The molecule has 18 heavy (non-hydrogen) atoms. The van der Waals surface area contributed by atoms with Crippen molar-refractivity contribution in [1.82, 2.24) is 14.8 Å². The van der Waals surface area contributed by atoms with E-state index >= 15 is 0 Å². The monoisotopic (exact) mass is 327 g/mol. The van der Waals surface area contributed by atoms with E-state index in [1.54, 1.807) is 10.9 Å². The van der Waals surface area contributed by atoms with Crippen LogP contribution in [0.25, 0.3) is 0 Å². The van der Waals surface area contributed by atoms with Gasteiger partial charge in [-0.15, -0.1) is 10.2 Å². The van der Waals surface area contributed by atoms with Crippen molar-refractivity contribution >= 4 is 33.5 Å². The Labute approximate surface area is 116 Å². The maximum Gasteiger partial charge on any atom is 0.195 e. The SMILES string of the molecule is Cn1cnnc1Sc1cccc(Br)c1/C(N)=N/O. The molecule has 3 N–H and O–H groups in total. The van der Waals surface area contributed by atoms with Crippen molar-refractivity contribution in [2.24, 2.45) is 17.9 Å². The highest BCUT2D eigenvalue weighted by molar-refractivity contribution is 9.10. The normalized spacial score (nSPS) is 11.8. The van der Waals surface area contributed by atoms with Crippen molar-refractivity contribution in [3.05, 3.63) is 34.6 Å². The average Bonchev–Trinajstić information content (AvgIpc) is 2.74. The minimum absolute atomic E-state index is 0.0483. The maximum absolute atomic E-state index is 8.82. The molecule has 0 saturated carbocycles. The van der Waals surface area contributed by atoms with Crippen LogP contribution in [-0.4, -0.2) is 25.8 Å². The van der Waals surface area contributed by atoms with Crippen molar-refractivity contribution in [2.45, 2.75) is 10.1 Å². The third-order valence-electron chi connectivity index (χ3n) is 2.21. The van der Waals surface area contributed by atoms with Gasteiger partial charge in [-0.3, -0.25) is 0 Å². The summed E-state index contributed by atoms with van der Waals surface area (Å²) < 4.78 is 2.55. The molecule has 0 atom stereocenters. The molecule has 0 fully saturated rings. The number of hydrogen-bond acceptors (Lipinski definition) is 5. The predicted octanol–water partition coefficient (Wildman–Crippen LogP) is 1.82. The van der Waals surface area contributed by atoms with E-state index in [1.807, 2.05) is 25.2 Å². The number of aryl methyl sites for hydroxylation is 1. The van der Waals surface area contributed by atoms with Crippen molar-refractivity contribution in [1.29, 1.82) is 0 Å². The van der Waals surface area contributed by atoms with E-state index in [4.69, 9.17) is 10.9 Å². The molecular formula is C10H10BrN5OS. The summed E-state index contributed by atoms with van der Waals surface area (Å²) in [6, 6.07) is 5.57. The molecule has 94 valence electrons. The summed E-state index contributed by atoms with van der Waals surface area (Å²) in [5.41, 5.74) is 6.31. The number of nitrogens with zero attached hydrogens (tertiary/aromatic N) is 4. The summed E-state index contributed by atoms with van der Waals surface area (Å²) in [6.07, 6.45) is 1.61. The van der Waals surface area contributed by atoms with E-state index in [1.165, 1.54) is 11.8 Å². The molecule has 0 unspecified atom stereocenters. The predicted molar refractivity (Wildman–Crippen MR) is 71.8 cm³/mol. The Morgan fingerprint density at radius 3 is 2.94 bits per heavy atom. The Kier molecular flexibility index (Phi) is 3.87. The molecular weight excluding hydrogens is 318 g/mol. The first kappa shape index (κ1) is 12.9. The van der Waals surface area contributed by atoms with Crippen LogP contribution in [0.3, 0.4) is 0 Å². The smallest absolute Gasteiger partial charge is 0.195 e. The molecule has 0 radical (unpaired) electrons. The molecule has 0 aliphatic heterocycles. The highest BCUT2D eigenvalue weighted by Crippen LogP contribution is 2.32. The first-order chi connectivity index (χ1) is 8.63. The summed E-state index contributed by atoms with van der Waals surface area (Å²) in [5.74, 6) is 0.0483. The van der Waals surface area contributed by atoms with Gasteiger partial charge >= 0.3 is 0 Å². The van der Waals surface area contributed by atoms with Gasteiger partial charge in [0.1, 0.15) is 6.33 Å². The Morgan fingerprint density at radius 2 is 2.33 bits per heavy atom. The van der Waals surface area contributed by atoms with E-state index in [9.17, 15) is 0 Å². The summed E-state index contributed by atoms with van der Waals surface area (Å²) in [5, 5.41) is 20.4. The Balaban J connectivity index is 2.45. The first-order valence-corrected chi connectivity index (χ1v) is 6.52.